The molecule has 1 fully saturated rings. The number of hydrazine groups is 1. The third kappa shape index (κ3) is 4.19. The van der Waals surface area contributed by atoms with Gasteiger partial charge in [-0.3, -0.25) is 19.8 Å². The van der Waals surface area contributed by atoms with Crippen molar-refractivity contribution in [2.45, 2.75) is 13.3 Å². The molecule has 7 nitrogen and oxygen atoms in total. The average molecular weight is 392 g/mol. The minimum absolute atomic E-state index is 0.0132. The number of nitrogens with zero attached hydrogens (tertiary/aromatic N) is 1. The SMILES string of the molecule is C=CCc1cc(C=C2C(=O)NN(c3ccccc3)C2=O)cc(OC)c1OC(C)=O. The zero-order valence-corrected chi connectivity index (χ0v) is 16.1. The molecule has 0 aromatic heterocycles. The number of methoxy groups -OCH3 is 1. The number of hydrogen-bond donors (Lipinski definition) is 1. The summed E-state index contributed by atoms with van der Waals surface area (Å²) in [5, 5.41) is 1.20. The largest absolute Gasteiger partial charge is 0.493 e. The van der Waals surface area contributed by atoms with Crippen LogP contribution in [0.25, 0.3) is 6.08 Å². The quantitative estimate of drug-likeness (QED) is 0.269. The van der Waals surface area contributed by atoms with Gasteiger partial charge in [-0.05, 0) is 42.3 Å². The summed E-state index contributed by atoms with van der Waals surface area (Å²) in [6.07, 6.45) is 3.54. The summed E-state index contributed by atoms with van der Waals surface area (Å²) in [5.41, 5.74) is 4.31. The molecular weight excluding hydrogens is 372 g/mol. The lowest BCUT2D eigenvalue weighted by Gasteiger charge is -2.14. The number of amides is 2. The molecule has 1 N–H and O–H groups in total. The van der Waals surface area contributed by atoms with Crippen LogP contribution in [0.4, 0.5) is 5.69 Å². The van der Waals surface area contributed by atoms with Crippen molar-refractivity contribution in [3.8, 4) is 11.5 Å². The summed E-state index contributed by atoms with van der Waals surface area (Å²) in [5.74, 6) is -0.849. The molecular formula is C22H20N2O5. The lowest BCUT2D eigenvalue weighted by atomic mass is 10.0. The second-order valence-electron chi connectivity index (χ2n) is 6.27. The van der Waals surface area contributed by atoms with Crippen molar-refractivity contribution in [2.24, 2.45) is 0 Å². The number of carbonyl (C=O) groups excluding carboxylic acids is 3. The van der Waals surface area contributed by atoms with E-state index in [1.54, 1.807) is 42.5 Å². The zero-order chi connectivity index (χ0) is 21.0. The van der Waals surface area contributed by atoms with E-state index in [2.05, 4.69) is 12.0 Å². The average Bonchev–Trinajstić information content (AvgIpc) is 2.98. The molecule has 0 atom stereocenters. The van der Waals surface area contributed by atoms with Crippen LogP contribution in [0.3, 0.4) is 0 Å². The van der Waals surface area contributed by atoms with E-state index in [-0.39, 0.29) is 11.3 Å². The van der Waals surface area contributed by atoms with Crippen LogP contribution >= 0.6 is 0 Å². The van der Waals surface area contributed by atoms with Gasteiger partial charge in [0.1, 0.15) is 5.57 Å². The lowest BCUT2D eigenvalue weighted by molar-refractivity contribution is -0.132. The molecule has 1 heterocycles. The van der Waals surface area contributed by atoms with Gasteiger partial charge >= 0.3 is 5.97 Å². The van der Waals surface area contributed by atoms with Crippen LogP contribution in [0, 0.1) is 0 Å². The van der Waals surface area contributed by atoms with Gasteiger partial charge in [-0.15, -0.1) is 6.58 Å². The fourth-order valence-corrected chi connectivity index (χ4v) is 2.97. The minimum atomic E-state index is -0.507. The molecule has 0 spiro atoms. The molecule has 2 amide bonds. The van der Waals surface area contributed by atoms with Gasteiger partial charge < -0.3 is 9.47 Å². The van der Waals surface area contributed by atoms with Gasteiger partial charge in [0.2, 0.25) is 0 Å². The monoisotopic (exact) mass is 392 g/mol. The Balaban J connectivity index is 2.02. The highest BCUT2D eigenvalue weighted by Gasteiger charge is 2.34. The molecule has 0 saturated carbocycles. The number of ether oxygens (including phenoxy) is 2. The molecule has 1 saturated heterocycles. The molecule has 0 bridgehead atoms. The van der Waals surface area contributed by atoms with Crippen LogP contribution in [0.1, 0.15) is 18.1 Å². The highest BCUT2D eigenvalue weighted by molar-refractivity contribution is 6.31. The molecule has 7 heteroatoms. The molecule has 3 rings (SSSR count). The first-order valence-electron chi connectivity index (χ1n) is 8.87. The number of esters is 1. The lowest BCUT2D eigenvalue weighted by Crippen LogP contribution is -2.35. The summed E-state index contributed by atoms with van der Waals surface area (Å²) in [6, 6.07) is 12.1. The first kappa shape index (κ1) is 19.9. The molecule has 29 heavy (non-hydrogen) atoms. The smallest absolute Gasteiger partial charge is 0.308 e. The molecule has 0 radical (unpaired) electrons. The van der Waals surface area contributed by atoms with Crippen LogP contribution in [0.15, 0.2) is 60.7 Å². The first-order chi connectivity index (χ1) is 13.9. The van der Waals surface area contributed by atoms with Crippen molar-refractivity contribution >= 4 is 29.5 Å². The normalized spacial score (nSPS) is 14.7. The molecule has 1 aliphatic heterocycles. The maximum Gasteiger partial charge on any atom is 0.308 e. The Morgan fingerprint density at radius 1 is 1.21 bits per heavy atom. The zero-order valence-electron chi connectivity index (χ0n) is 16.1. The van der Waals surface area contributed by atoms with Gasteiger partial charge in [0.15, 0.2) is 11.5 Å². The van der Waals surface area contributed by atoms with Crippen molar-refractivity contribution in [1.29, 1.82) is 0 Å². The second-order valence-corrected chi connectivity index (χ2v) is 6.27. The third-order valence-corrected chi connectivity index (χ3v) is 4.20. The second kappa shape index (κ2) is 8.43. The van der Waals surface area contributed by atoms with E-state index >= 15 is 0 Å². The molecule has 0 unspecified atom stereocenters. The number of rotatable bonds is 6. The summed E-state index contributed by atoms with van der Waals surface area (Å²) < 4.78 is 10.6. The van der Waals surface area contributed by atoms with Gasteiger partial charge in [0.25, 0.3) is 11.8 Å². The molecule has 2 aromatic rings. The standard InChI is InChI=1S/C22H20N2O5/c1-4-8-16-11-15(13-19(28-3)20(16)29-14(2)25)12-18-21(26)23-24(22(18)27)17-9-6-5-7-10-17/h4-7,9-13H,1,8H2,2-3H3,(H,23,26). The Kier molecular flexibility index (Phi) is 5.78. The number of hydrogen-bond acceptors (Lipinski definition) is 5. The Labute approximate surface area is 168 Å². The molecule has 1 aliphatic rings. The molecule has 148 valence electrons. The van der Waals surface area contributed by atoms with Crippen LogP contribution in [0.2, 0.25) is 0 Å². The van der Waals surface area contributed by atoms with Gasteiger partial charge in [-0.25, -0.2) is 5.01 Å². The Bertz CT molecular complexity index is 1010. The van der Waals surface area contributed by atoms with Crippen LogP contribution < -0.4 is 19.9 Å². The number of para-hydroxylation sites is 1. The van der Waals surface area contributed by atoms with E-state index in [9.17, 15) is 14.4 Å². The minimum Gasteiger partial charge on any atom is -0.493 e. The van der Waals surface area contributed by atoms with Gasteiger partial charge in [0, 0.05) is 12.5 Å². The number of anilines is 1. The van der Waals surface area contributed by atoms with Crippen LogP contribution in [-0.2, 0) is 20.8 Å². The van der Waals surface area contributed by atoms with Crippen molar-refractivity contribution in [2.75, 3.05) is 12.1 Å². The number of allylic oxidation sites excluding steroid dienone is 1. The summed E-state index contributed by atoms with van der Waals surface area (Å²) in [7, 11) is 1.45. The maximum atomic E-state index is 12.8. The Morgan fingerprint density at radius 3 is 2.55 bits per heavy atom. The molecule has 0 aliphatic carbocycles. The third-order valence-electron chi connectivity index (χ3n) is 4.20. The fourth-order valence-electron chi connectivity index (χ4n) is 2.97. The van der Waals surface area contributed by atoms with E-state index in [1.807, 2.05) is 6.07 Å². The van der Waals surface area contributed by atoms with Gasteiger partial charge in [-0.1, -0.05) is 24.3 Å². The van der Waals surface area contributed by atoms with Crippen molar-refractivity contribution in [1.82, 2.24) is 5.43 Å². The predicted molar refractivity (Wildman–Crippen MR) is 108 cm³/mol. The highest BCUT2D eigenvalue weighted by Crippen LogP contribution is 2.35. The summed E-state index contributed by atoms with van der Waals surface area (Å²) in [6.45, 7) is 5.01. The Morgan fingerprint density at radius 2 is 1.93 bits per heavy atom. The molecule has 2 aromatic carbocycles. The number of carbonyl (C=O) groups is 3. The predicted octanol–water partition coefficient (Wildman–Crippen LogP) is 2.81. The number of nitrogens with one attached hydrogen (secondary N) is 1. The Hall–Kier alpha value is -3.87. The van der Waals surface area contributed by atoms with Crippen LogP contribution in [0.5, 0.6) is 11.5 Å². The topological polar surface area (TPSA) is 84.9 Å². The summed E-state index contributed by atoms with van der Waals surface area (Å²) in [4.78, 5) is 36.6. The summed E-state index contributed by atoms with van der Waals surface area (Å²) >= 11 is 0. The highest BCUT2D eigenvalue weighted by atomic mass is 16.6. The van der Waals surface area contributed by atoms with Crippen LogP contribution in [-0.4, -0.2) is 24.9 Å². The van der Waals surface area contributed by atoms with Crippen molar-refractivity contribution in [3.05, 3.63) is 71.8 Å². The van der Waals surface area contributed by atoms with Gasteiger partial charge in [-0.2, -0.15) is 0 Å². The maximum absolute atomic E-state index is 12.8. The van der Waals surface area contributed by atoms with Crippen molar-refractivity contribution < 1.29 is 23.9 Å². The first-order valence-corrected chi connectivity index (χ1v) is 8.87. The van der Waals surface area contributed by atoms with E-state index in [1.165, 1.54) is 25.1 Å². The van der Waals surface area contributed by atoms with Crippen molar-refractivity contribution in [3.63, 3.8) is 0 Å². The fraction of sp³-hybridized carbons (Fsp3) is 0.136. The van der Waals surface area contributed by atoms with E-state index < -0.39 is 17.8 Å². The number of benzene rings is 2. The van der Waals surface area contributed by atoms with E-state index in [4.69, 9.17) is 9.47 Å². The van der Waals surface area contributed by atoms with E-state index in [0.29, 0.717) is 29.0 Å². The van der Waals surface area contributed by atoms with E-state index in [0.717, 1.165) is 0 Å². The van der Waals surface area contributed by atoms with Gasteiger partial charge in [0.05, 0.1) is 12.8 Å².